The molecule has 0 atom stereocenters. The van der Waals surface area contributed by atoms with E-state index < -0.39 is 0 Å². The van der Waals surface area contributed by atoms with Crippen LogP contribution in [0.15, 0.2) is 30.7 Å². The maximum atomic E-state index is 8.56. The summed E-state index contributed by atoms with van der Waals surface area (Å²) in [5.41, 5.74) is 1.03. The molecule has 2 rings (SSSR count). The van der Waals surface area contributed by atoms with Crippen molar-refractivity contribution in [3.63, 3.8) is 0 Å². The molecule has 0 aliphatic heterocycles. The van der Waals surface area contributed by atoms with Crippen LogP contribution in [0, 0.1) is 18.3 Å². The Bertz CT molecular complexity index is 530. The maximum Gasteiger partial charge on any atom is 0.238 e. The van der Waals surface area contributed by atoms with Gasteiger partial charge >= 0.3 is 0 Å². The average molecular weight is 212 g/mol. The summed E-state index contributed by atoms with van der Waals surface area (Å²) in [4.78, 5) is 11.9. The van der Waals surface area contributed by atoms with Gasteiger partial charge in [0.25, 0.3) is 0 Å². The van der Waals surface area contributed by atoms with Crippen LogP contribution in [-0.2, 0) is 0 Å². The molecule has 5 nitrogen and oxygen atoms in total. The van der Waals surface area contributed by atoms with Gasteiger partial charge < -0.3 is 4.74 Å². The fourth-order valence-electron chi connectivity index (χ4n) is 1.12. The van der Waals surface area contributed by atoms with E-state index in [1.54, 1.807) is 18.3 Å². The second kappa shape index (κ2) is 4.36. The van der Waals surface area contributed by atoms with Crippen LogP contribution in [0.4, 0.5) is 0 Å². The van der Waals surface area contributed by atoms with Gasteiger partial charge in [0.1, 0.15) is 6.07 Å². The molecule has 0 aliphatic rings. The SMILES string of the molecule is Cc1ncccc1Oc1cnc(C#N)cn1. The van der Waals surface area contributed by atoms with Crippen molar-refractivity contribution in [3.8, 4) is 17.7 Å². The molecule has 0 spiro atoms. The summed E-state index contributed by atoms with van der Waals surface area (Å²) in [6.07, 6.45) is 4.46. The molecule has 2 heterocycles. The smallest absolute Gasteiger partial charge is 0.238 e. The lowest BCUT2D eigenvalue weighted by Crippen LogP contribution is -1.93. The Morgan fingerprint density at radius 2 is 2.12 bits per heavy atom. The third kappa shape index (κ3) is 2.12. The van der Waals surface area contributed by atoms with Gasteiger partial charge in [-0.3, -0.25) is 4.98 Å². The highest BCUT2D eigenvalue weighted by atomic mass is 16.5. The van der Waals surface area contributed by atoms with Gasteiger partial charge in [0.15, 0.2) is 11.4 Å². The molecule has 0 bridgehead atoms. The molecule has 2 aromatic heterocycles. The highest BCUT2D eigenvalue weighted by Crippen LogP contribution is 2.20. The largest absolute Gasteiger partial charge is 0.436 e. The summed E-state index contributed by atoms with van der Waals surface area (Å²) < 4.78 is 5.46. The number of aromatic nitrogens is 3. The lowest BCUT2D eigenvalue weighted by atomic mass is 10.3. The van der Waals surface area contributed by atoms with Crippen LogP contribution in [0.1, 0.15) is 11.4 Å². The number of hydrogen-bond donors (Lipinski definition) is 0. The van der Waals surface area contributed by atoms with Crippen LogP contribution in [0.3, 0.4) is 0 Å². The van der Waals surface area contributed by atoms with E-state index in [4.69, 9.17) is 10.00 Å². The van der Waals surface area contributed by atoms with Crippen LogP contribution < -0.4 is 4.74 Å². The van der Waals surface area contributed by atoms with E-state index in [2.05, 4.69) is 15.0 Å². The Morgan fingerprint density at radius 1 is 1.25 bits per heavy atom. The van der Waals surface area contributed by atoms with Crippen LogP contribution in [-0.4, -0.2) is 15.0 Å². The van der Waals surface area contributed by atoms with Gasteiger partial charge in [-0.1, -0.05) is 0 Å². The molecule has 0 unspecified atom stereocenters. The lowest BCUT2D eigenvalue weighted by Gasteiger charge is -2.05. The number of pyridine rings is 1. The Morgan fingerprint density at radius 3 is 2.75 bits per heavy atom. The fraction of sp³-hybridized carbons (Fsp3) is 0.0909. The van der Waals surface area contributed by atoms with Gasteiger partial charge in [0, 0.05) is 6.20 Å². The normalized spacial score (nSPS) is 9.50. The van der Waals surface area contributed by atoms with Crippen molar-refractivity contribution in [2.75, 3.05) is 0 Å². The number of aryl methyl sites for hydroxylation is 1. The molecule has 0 N–H and O–H groups in total. The summed E-state index contributed by atoms with van der Waals surface area (Å²) in [5, 5.41) is 8.56. The molecule has 5 heteroatoms. The quantitative estimate of drug-likeness (QED) is 0.759. The van der Waals surface area contributed by atoms with E-state index in [1.165, 1.54) is 12.4 Å². The molecule has 2 aromatic rings. The Kier molecular flexibility index (Phi) is 2.74. The Balaban J connectivity index is 2.22. The molecule has 0 radical (unpaired) electrons. The van der Waals surface area contributed by atoms with Crippen molar-refractivity contribution in [3.05, 3.63) is 42.1 Å². The second-order valence-corrected chi connectivity index (χ2v) is 3.04. The summed E-state index contributed by atoms with van der Waals surface area (Å²) in [7, 11) is 0. The van der Waals surface area contributed by atoms with Gasteiger partial charge in [-0.05, 0) is 19.1 Å². The first-order valence-corrected chi connectivity index (χ1v) is 4.61. The Labute approximate surface area is 92.4 Å². The second-order valence-electron chi connectivity index (χ2n) is 3.04. The van der Waals surface area contributed by atoms with Gasteiger partial charge in [-0.25, -0.2) is 9.97 Å². The predicted molar refractivity (Wildman–Crippen MR) is 55.8 cm³/mol. The molecule has 0 saturated carbocycles. The van der Waals surface area contributed by atoms with E-state index in [0.717, 1.165) is 5.69 Å². The maximum absolute atomic E-state index is 8.56. The zero-order valence-electron chi connectivity index (χ0n) is 8.58. The van der Waals surface area contributed by atoms with Crippen LogP contribution in [0.5, 0.6) is 11.6 Å². The number of nitrogens with zero attached hydrogens (tertiary/aromatic N) is 4. The highest BCUT2D eigenvalue weighted by molar-refractivity contribution is 5.29. The topological polar surface area (TPSA) is 71.7 Å². The molecule has 16 heavy (non-hydrogen) atoms. The fourth-order valence-corrected chi connectivity index (χ4v) is 1.12. The minimum absolute atomic E-state index is 0.259. The molecule has 0 amide bonds. The molecular weight excluding hydrogens is 204 g/mol. The molecular formula is C11H8N4O. The molecule has 0 fully saturated rings. The molecule has 0 saturated heterocycles. The third-order valence-electron chi connectivity index (χ3n) is 1.92. The molecule has 0 aromatic carbocycles. The molecule has 78 valence electrons. The van der Waals surface area contributed by atoms with E-state index in [1.807, 2.05) is 13.0 Å². The van der Waals surface area contributed by atoms with Crippen molar-refractivity contribution < 1.29 is 4.74 Å². The first-order valence-electron chi connectivity index (χ1n) is 4.61. The van der Waals surface area contributed by atoms with Crippen LogP contribution in [0.25, 0.3) is 0 Å². The summed E-state index contributed by atoms with van der Waals surface area (Å²) in [6.45, 7) is 1.84. The van der Waals surface area contributed by atoms with E-state index >= 15 is 0 Å². The third-order valence-corrected chi connectivity index (χ3v) is 1.92. The van der Waals surface area contributed by atoms with Crippen LogP contribution >= 0.6 is 0 Å². The monoisotopic (exact) mass is 212 g/mol. The van der Waals surface area contributed by atoms with Crippen molar-refractivity contribution in [2.24, 2.45) is 0 Å². The van der Waals surface area contributed by atoms with Gasteiger partial charge in [-0.15, -0.1) is 0 Å². The Hall–Kier alpha value is -2.48. The zero-order chi connectivity index (χ0) is 11.4. The zero-order valence-corrected chi connectivity index (χ0v) is 8.58. The van der Waals surface area contributed by atoms with E-state index in [0.29, 0.717) is 11.6 Å². The van der Waals surface area contributed by atoms with Crippen molar-refractivity contribution in [2.45, 2.75) is 6.92 Å². The number of ether oxygens (including phenoxy) is 1. The number of hydrogen-bond acceptors (Lipinski definition) is 5. The number of rotatable bonds is 2. The van der Waals surface area contributed by atoms with Gasteiger partial charge in [-0.2, -0.15) is 5.26 Å². The number of nitriles is 1. The van der Waals surface area contributed by atoms with Gasteiger partial charge in [0.05, 0.1) is 18.1 Å². The summed E-state index contributed by atoms with van der Waals surface area (Å²) in [6, 6.07) is 5.46. The van der Waals surface area contributed by atoms with Crippen molar-refractivity contribution >= 4 is 0 Å². The predicted octanol–water partition coefficient (Wildman–Crippen LogP) is 1.84. The van der Waals surface area contributed by atoms with E-state index in [9.17, 15) is 0 Å². The molecule has 0 aliphatic carbocycles. The summed E-state index contributed by atoms with van der Waals surface area (Å²) >= 11 is 0. The highest BCUT2D eigenvalue weighted by Gasteiger charge is 2.02. The van der Waals surface area contributed by atoms with Crippen molar-refractivity contribution in [1.82, 2.24) is 15.0 Å². The minimum Gasteiger partial charge on any atom is -0.436 e. The average Bonchev–Trinajstić information content (AvgIpc) is 2.33. The lowest BCUT2D eigenvalue weighted by molar-refractivity contribution is 0.453. The first kappa shape index (κ1) is 10.1. The minimum atomic E-state index is 0.259. The van der Waals surface area contributed by atoms with Gasteiger partial charge in [0.2, 0.25) is 5.88 Å². The van der Waals surface area contributed by atoms with Crippen LogP contribution in [0.2, 0.25) is 0 Å². The van der Waals surface area contributed by atoms with E-state index in [-0.39, 0.29) is 5.69 Å². The summed E-state index contributed by atoms with van der Waals surface area (Å²) in [5.74, 6) is 0.969. The first-order chi connectivity index (χ1) is 7.79. The van der Waals surface area contributed by atoms with Crippen molar-refractivity contribution in [1.29, 1.82) is 5.26 Å². The standard InChI is InChI=1S/C11H8N4O/c1-8-10(3-2-4-13-8)16-11-7-14-9(5-12)6-15-11/h2-4,6-7H,1H3.